The molecule has 0 amide bonds. The molecule has 1 N–H and O–H groups in total. The van der Waals surface area contributed by atoms with Gasteiger partial charge in [-0.1, -0.05) is 6.92 Å². The van der Waals surface area contributed by atoms with Crippen molar-refractivity contribution in [3.05, 3.63) is 0 Å². The second kappa shape index (κ2) is 7.02. The minimum Gasteiger partial charge on any atom is -0.319 e. The van der Waals surface area contributed by atoms with Crippen molar-refractivity contribution in [3.63, 3.8) is 0 Å². The predicted molar refractivity (Wildman–Crippen MR) is 65.9 cm³/mol. The molecule has 0 aromatic carbocycles. The highest BCUT2D eigenvalue weighted by atomic mass is 32.2. The SMILES string of the molecule is CCCSC1CCC1SCCNC. The monoisotopic (exact) mass is 219 g/mol. The van der Waals surface area contributed by atoms with Gasteiger partial charge in [0.15, 0.2) is 0 Å². The van der Waals surface area contributed by atoms with Gasteiger partial charge in [0, 0.05) is 22.8 Å². The quantitative estimate of drug-likeness (QED) is 0.661. The van der Waals surface area contributed by atoms with Gasteiger partial charge in [-0.25, -0.2) is 0 Å². The molecule has 0 aromatic rings. The van der Waals surface area contributed by atoms with E-state index in [2.05, 4.69) is 35.8 Å². The molecule has 1 saturated carbocycles. The third kappa shape index (κ3) is 4.13. The summed E-state index contributed by atoms with van der Waals surface area (Å²) in [6, 6.07) is 0. The minimum atomic E-state index is 0.963. The van der Waals surface area contributed by atoms with Crippen molar-refractivity contribution < 1.29 is 0 Å². The van der Waals surface area contributed by atoms with Gasteiger partial charge in [-0.15, -0.1) is 0 Å². The second-order valence-electron chi connectivity index (χ2n) is 3.50. The number of thioether (sulfide) groups is 2. The van der Waals surface area contributed by atoms with Crippen molar-refractivity contribution in [3.8, 4) is 0 Å². The van der Waals surface area contributed by atoms with E-state index in [-0.39, 0.29) is 0 Å². The van der Waals surface area contributed by atoms with E-state index in [1.165, 1.54) is 30.8 Å². The van der Waals surface area contributed by atoms with Crippen molar-refractivity contribution in [2.24, 2.45) is 0 Å². The Morgan fingerprint density at radius 2 is 1.77 bits per heavy atom. The molecule has 78 valence electrons. The predicted octanol–water partition coefficient (Wildman–Crippen LogP) is 2.61. The molecule has 13 heavy (non-hydrogen) atoms. The molecule has 1 nitrogen and oxygen atoms in total. The summed E-state index contributed by atoms with van der Waals surface area (Å²) in [6.07, 6.45) is 4.24. The van der Waals surface area contributed by atoms with E-state index in [9.17, 15) is 0 Å². The van der Waals surface area contributed by atoms with E-state index in [4.69, 9.17) is 0 Å². The molecule has 0 aromatic heterocycles. The van der Waals surface area contributed by atoms with E-state index < -0.39 is 0 Å². The Morgan fingerprint density at radius 1 is 1.15 bits per heavy atom. The highest BCUT2D eigenvalue weighted by molar-refractivity contribution is 8.04. The second-order valence-corrected chi connectivity index (χ2v) is 6.19. The Labute approximate surface area is 90.8 Å². The smallest absolute Gasteiger partial charge is 0.0167 e. The Kier molecular flexibility index (Phi) is 6.33. The number of hydrogen-bond donors (Lipinski definition) is 1. The average Bonchev–Trinajstić information content (AvgIpc) is 2.11. The molecule has 2 unspecified atom stereocenters. The summed E-state index contributed by atoms with van der Waals surface area (Å²) >= 11 is 4.35. The van der Waals surface area contributed by atoms with Crippen molar-refractivity contribution in [1.29, 1.82) is 0 Å². The van der Waals surface area contributed by atoms with Gasteiger partial charge >= 0.3 is 0 Å². The molecule has 1 fully saturated rings. The van der Waals surface area contributed by atoms with Gasteiger partial charge in [0.25, 0.3) is 0 Å². The van der Waals surface area contributed by atoms with Crippen LogP contribution in [0.15, 0.2) is 0 Å². The highest BCUT2D eigenvalue weighted by Crippen LogP contribution is 2.40. The minimum absolute atomic E-state index is 0.963. The normalized spacial score (nSPS) is 27.2. The molecule has 1 aliphatic carbocycles. The molecule has 0 heterocycles. The van der Waals surface area contributed by atoms with Crippen LogP contribution in [0.2, 0.25) is 0 Å². The first-order valence-electron chi connectivity index (χ1n) is 5.26. The van der Waals surface area contributed by atoms with E-state index in [1.54, 1.807) is 0 Å². The Bertz CT molecular complexity index is 130. The van der Waals surface area contributed by atoms with Gasteiger partial charge in [-0.3, -0.25) is 0 Å². The summed E-state index contributed by atoms with van der Waals surface area (Å²) < 4.78 is 0. The fourth-order valence-electron chi connectivity index (χ4n) is 1.40. The lowest BCUT2D eigenvalue weighted by Crippen LogP contribution is -2.32. The summed E-state index contributed by atoms with van der Waals surface area (Å²) in [5.74, 6) is 2.64. The zero-order valence-electron chi connectivity index (χ0n) is 8.71. The zero-order valence-corrected chi connectivity index (χ0v) is 10.3. The van der Waals surface area contributed by atoms with Crippen LogP contribution >= 0.6 is 23.5 Å². The van der Waals surface area contributed by atoms with Crippen LogP contribution in [-0.4, -0.2) is 35.6 Å². The van der Waals surface area contributed by atoms with E-state index >= 15 is 0 Å². The van der Waals surface area contributed by atoms with E-state index in [1.807, 2.05) is 7.05 Å². The maximum absolute atomic E-state index is 3.20. The van der Waals surface area contributed by atoms with Crippen LogP contribution in [0.3, 0.4) is 0 Å². The van der Waals surface area contributed by atoms with Gasteiger partial charge in [-0.05, 0) is 32.1 Å². The Hall–Kier alpha value is 0.660. The Balaban J connectivity index is 1.99. The van der Waals surface area contributed by atoms with Crippen molar-refractivity contribution in [2.75, 3.05) is 25.1 Å². The molecular weight excluding hydrogens is 198 g/mol. The summed E-state index contributed by atoms with van der Waals surface area (Å²) in [4.78, 5) is 0. The third-order valence-corrected chi connectivity index (χ3v) is 5.61. The van der Waals surface area contributed by atoms with E-state index in [0.29, 0.717) is 0 Å². The van der Waals surface area contributed by atoms with Crippen LogP contribution in [-0.2, 0) is 0 Å². The van der Waals surface area contributed by atoms with Crippen LogP contribution in [0.25, 0.3) is 0 Å². The molecule has 0 bridgehead atoms. The third-order valence-electron chi connectivity index (χ3n) is 2.37. The van der Waals surface area contributed by atoms with Gasteiger partial charge < -0.3 is 5.32 Å². The standard InChI is InChI=1S/C10H21NS2/c1-3-7-12-9-4-5-10(9)13-8-6-11-2/h9-11H,3-8H2,1-2H3. The molecule has 3 heteroatoms. The number of rotatable bonds is 7. The number of nitrogens with one attached hydrogen (secondary N) is 1. The van der Waals surface area contributed by atoms with Gasteiger partial charge in [0.05, 0.1) is 0 Å². The van der Waals surface area contributed by atoms with Crippen LogP contribution in [0, 0.1) is 0 Å². The molecule has 0 spiro atoms. The highest BCUT2D eigenvalue weighted by Gasteiger charge is 2.30. The summed E-state index contributed by atoms with van der Waals surface area (Å²) in [5.41, 5.74) is 0. The lowest BCUT2D eigenvalue weighted by Gasteiger charge is -2.35. The molecule has 0 saturated heterocycles. The molecule has 0 aliphatic heterocycles. The molecular formula is C10H21NS2. The number of hydrogen-bond acceptors (Lipinski definition) is 3. The summed E-state index contributed by atoms with van der Waals surface area (Å²) in [7, 11) is 2.03. The Morgan fingerprint density at radius 3 is 2.23 bits per heavy atom. The fourth-order valence-corrected chi connectivity index (χ4v) is 4.34. The maximum Gasteiger partial charge on any atom is 0.0167 e. The van der Waals surface area contributed by atoms with E-state index in [0.717, 1.165) is 17.0 Å². The molecule has 1 rings (SSSR count). The average molecular weight is 219 g/mol. The summed E-state index contributed by atoms with van der Waals surface area (Å²) in [6.45, 7) is 3.43. The van der Waals surface area contributed by atoms with Crippen LogP contribution < -0.4 is 5.32 Å². The first-order valence-corrected chi connectivity index (χ1v) is 7.36. The molecule has 2 atom stereocenters. The van der Waals surface area contributed by atoms with Gasteiger partial charge in [0.2, 0.25) is 0 Å². The van der Waals surface area contributed by atoms with Crippen molar-refractivity contribution in [1.82, 2.24) is 5.32 Å². The van der Waals surface area contributed by atoms with Crippen molar-refractivity contribution >= 4 is 23.5 Å². The first-order chi connectivity index (χ1) is 6.38. The topological polar surface area (TPSA) is 12.0 Å². The van der Waals surface area contributed by atoms with Gasteiger partial charge in [0.1, 0.15) is 0 Å². The molecule has 0 radical (unpaired) electrons. The van der Waals surface area contributed by atoms with Gasteiger partial charge in [-0.2, -0.15) is 23.5 Å². The van der Waals surface area contributed by atoms with Crippen molar-refractivity contribution in [2.45, 2.75) is 36.7 Å². The lowest BCUT2D eigenvalue weighted by molar-refractivity contribution is 0.539. The summed E-state index contributed by atoms with van der Waals surface area (Å²) in [5, 5.41) is 5.14. The maximum atomic E-state index is 3.20. The zero-order chi connectivity index (χ0) is 9.52. The lowest BCUT2D eigenvalue weighted by atomic mass is 9.99. The van der Waals surface area contributed by atoms with Crippen LogP contribution in [0.1, 0.15) is 26.2 Å². The largest absolute Gasteiger partial charge is 0.319 e. The molecule has 1 aliphatic rings. The fraction of sp³-hybridized carbons (Fsp3) is 1.00. The van der Waals surface area contributed by atoms with Crippen LogP contribution in [0.4, 0.5) is 0 Å². The van der Waals surface area contributed by atoms with Crippen LogP contribution in [0.5, 0.6) is 0 Å². The first kappa shape index (κ1) is 11.7.